The second kappa shape index (κ2) is 11.9. The number of amides is 1. The van der Waals surface area contributed by atoms with E-state index in [0.29, 0.717) is 12.0 Å². The topological polar surface area (TPSA) is 138 Å². The fraction of sp³-hybridized carbons (Fsp3) is 0.269. The minimum atomic E-state index is -1.02. The second-order valence-corrected chi connectivity index (χ2v) is 7.93. The van der Waals surface area contributed by atoms with Crippen LogP contribution in [0.3, 0.4) is 0 Å². The van der Waals surface area contributed by atoms with Gasteiger partial charge in [-0.2, -0.15) is 0 Å². The number of aromatic nitrogens is 1. The third-order valence-corrected chi connectivity index (χ3v) is 5.59. The Bertz CT molecular complexity index is 1290. The first-order valence-electron chi connectivity index (χ1n) is 11.2. The van der Waals surface area contributed by atoms with Crippen molar-refractivity contribution in [1.82, 2.24) is 10.3 Å². The first-order valence-corrected chi connectivity index (χ1v) is 11.2. The Morgan fingerprint density at radius 3 is 2.50 bits per heavy atom. The van der Waals surface area contributed by atoms with Crippen LogP contribution in [0.25, 0.3) is 0 Å². The molecule has 9 nitrogen and oxygen atoms in total. The summed E-state index contributed by atoms with van der Waals surface area (Å²) in [5.74, 6) is -3.33. The molecule has 3 rings (SSSR count). The SMILES string of the molecule is CCOC(=O)c1c[nH]c(=O)c([C@H](CC(=O)NCCc2ccc(F)cc2)c2ccc(OC)c(O)c2)c1O. The highest BCUT2D eigenvalue weighted by atomic mass is 19.1. The Kier molecular flexibility index (Phi) is 8.66. The molecule has 0 aliphatic heterocycles. The summed E-state index contributed by atoms with van der Waals surface area (Å²) in [5, 5.41) is 23.9. The summed E-state index contributed by atoms with van der Waals surface area (Å²) >= 11 is 0. The van der Waals surface area contributed by atoms with Gasteiger partial charge in [-0.05, 0) is 48.7 Å². The molecule has 36 heavy (non-hydrogen) atoms. The molecule has 0 aliphatic carbocycles. The van der Waals surface area contributed by atoms with Crippen LogP contribution in [0.5, 0.6) is 17.2 Å². The number of carbonyl (C=O) groups is 2. The molecular weight excluding hydrogens is 471 g/mol. The number of rotatable bonds is 10. The molecule has 1 aromatic heterocycles. The number of halogens is 1. The molecule has 0 spiro atoms. The predicted molar refractivity (Wildman–Crippen MR) is 129 cm³/mol. The fourth-order valence-electron chi connectivity index (χ4n) is 3.79. The quantitative estimate of drug-likeness (QED) is 0.315. The van der Waals surface area contributed by atoms with Crippen LogP contribution in [0.15, 0.2) is 53.5 Å². The summed E-state index contributed by atoms with van der Waals surface area (Å²) in [4.78, 5) is 40.3. The van der Waals surface area contributed by atoms with E-state index in [-0.39, 0.29) is 48.0 Å². The molecule has 2 aromatic carbocycles. The molecule has 1 atom stereocenters. The summed E-state index contributed by atoms with van der Waals surface area (Å²) in [6.07, 6.45) is 1.22. The van der Waals surface area contributed by atoms with Crippen LogP contribution in [0.1, 0.15) is 46.3 Å². The molecule has 0 radical (unpaired) electrons. The number of hydrogen-bond acceptors (Lipinski definition) is 7. The summed E-state index contributed by atoms with van der Waals surface area (Å²) < 4.78 is 23.1. The smallest absolute Gasteiger partial charge is 0.343 e. The van der Waals surface area contributed by atoms with Crippen LogP contribution in [-0.4, -0.2) is 47.3 Å². The summed E-state index contributed by atoms with van der Waals surface area (Å²) in [5.41, 5.74) is -0.0296. The van der Waals surface area contributed by atoms with Crippen LogP contribution in [0, 0.1) is 5.82 Å². The van der Waals surface area contributed by atoms with Crippen molar-refractivity contribution in [2.45, 2.75) is 25.7 Å². The predicted octanol–water partition coefficient (Wildman–Crippen LogP) is 2.99. The molecule has 0 unspecified atom stereocenters. The lowest BCUT2D eigenvalue weighted by Gasteiger charge is -2.20. The number of phenols is 1. The van der Waals surface area contributed by atoms with Crippen molar-refractivity contribution in [3.8, 4) is 17.2 Å². The van der Waals surface area contributed by atoms with Crippen LogP contribution >= 0.6 is 0 Å². The monoisotopic (exact) mass is 498 g/mol. The average molecular weight is 499 g/mol. The Hall–Kier alpha value is -4.34. The first-order chi connectivity index (χ1) is 17.2. The molecule has 3 aromatic rings. The molecule has 0 bridgehead atoms. The number of hydrogen-bond donors (Lipinski definition) is 4. The van der Waals surface area contributed by atoms with Gasteiger partial charge in [0.25, 0.3) is 5.56 Å². The number of aromatic amines is 1. The van der Waals surface area contributed by atoms with E-state index >= 15 is 0 Å². The largest absolute Gasteiger partial charge is 0.506 e. The van der Waals surface area contributed by atoms with Gasteiger partial charge in [0.1, 0.15) is 17.1 Å². The van der Waals surface area contributed by atoms with Crippen molar-refractivity contribution >= 4 is 11.9 Å². The lowest BCUT2D eigenvalue weighted by molar-refractivity contribution is -0.121. The molecular formula is C26H27FN2O7. The number of phenolic OH excluding ortho intramolecular Hbond substituents is 1. The molecule has 0 saturated heterocycles. The maximum absolute atomic E-state index is 13.1. The van der Waals surface area contributed by atoms with Gasteiger partial charge in [0.2, 0.25) is 5.91 Å². The maximum Gasteiger partial charge on any atom is 0.343 e. The van der Waals surface area contributed by atoms with Crippen molar-refractivity contribution in [2.75, 3.05) is 20.3 Å². The molecule has 1 heterocycles. The number of esters is 1. The van der Waals surface area contributed by atoms with Gasteiger partial charge in [0, 0.05) is 25.1 Å². The molecule has 0 aliphatic rings. The van der Waals surface area contributed by atoms with Gasteiger partial charge in [-0.3, -0.25) is 9.59 Å². The van der Waals surface area contributed by atoms with Gasteiger partial charge in [0.15, 0.2) is 11.5 Å². The molecule has 190 valence electrons. The summed E-state index contributed by atoms with van der Waals surface area (Å²) in [6, 6.07) is 10.2. The molecule has 0 saturated carbocycles. The number of H-pyrrole nitrogens is 1. The van der Waals surface area contributed by atoms with Crippen molar-refractivity contribution in [1.29, 1.82) is 0 Å². The number of aromatic hydroxyl groups is 2. The number of ether oxygens (including phenoxy) is 2. The van der Waals surface area contributed by atoms with Crippen LogP contribution in [0.4, 0.5) is 4.39 Å². The maximum atomic E-state index is 13.1. The van der Waals surface area contributed by atoms with E-state index in [1.165, 1.54) is 31.4 Å². The summed E-state index contributed by atoms with van der Waals surface area (Å²) in [6.45, 7) is 1.90. The minimum absolute atomic E-state index is 0.0545. The van der Waals surface area contributed by atoms with Gasteiger partial charge in [-0.25, -0.2) is 9.18 Å². The Balaban J connectivity index is 1.92. The highest BCUT2D eigenvalue weighted by Gasteiger charge is 2.28. The first kappa shape index (κ1) is 26.3. The van der Waals surface area contributed by atoms with Crippen molar-refractivity contribution in [2.24, 2.45) is 0 Å². The van der Waals surface area contributed by atoms with Crippen LogP contribution in [0.2, 0.25) is 0 Å². The van der Waals surface area contributed by atoms with E-state index in [1.807, 2.05) is 0 Å². The van der Waals surface area contributed by atoms with Gasteiger partial charge in [0.05, 0.1) is 19.3 Å². The Morgan fingerprint density at radius 1 is 1.14 bits per heavy atom. The minimum Gasteiger partial charge on any atom is -0.506 e. The highest BCUT2D eigenvalue weighted by molar-refractivity contribution is 5.92. The van der Waals surface area contributed by atoms with Gasteiger partial charge >= 0.3 is 5.97 Å². The van der Waals surface area contributed by atoms with E-state index in [2.05, 4.69) is 10.3 Å². The van der Waals surface area contributed by atoms with E-state index in [4.69, 9.17) is 9.47 Å². The third-order valence-electron chi connectivity index (χ3n) is 5.59. The zero-order chi connectivity index (χ0) is 26.2. The highest BCUT2D eigenvalue weighted by Crippen LogP contribution is 2.37. The zero-order valence-corrected chi connectivity index (χ0v) is 19.8. The number of benzene rings is 2. The van der Waals surface area contributed by atoms with Crippen molar-refractivity contribution in [3.63, 3.8) is 0 Å². The average Bonchev–Trinajstić information content (AvgIpc) is 2.84. The Morgan fingerprint density at radius 2 is 1.86 bits per heavy atom. The molecule has 4 N–H and O–H groups in total. The fourth-order valence-corrected chi connectivity index (χ4v) is 3.79. The Labute approximate surface area is 206 Å². The number of pyridine rings is 1. The van der Waals surface area contributed by atoms with Gasteiger partial charge in [-0.1, -0.05) is 18.2 Å². The molecule has 1 amide bonds. The summed E-state index contributed by atoms with van der Waals surface area (Å²) in [7, 11) is 1.38. The normalized spacial score (nSPS) is 11.5. The number of nitrogens with one attached hydrogen (secondary N) is 2. The zero-order valence-electron chi connectivity index (χ0n) is 19.8. The lowest BCUT2D eigenvalue weighted by atomic mass is 9.87. The van der Waals surface area contributed by atoms with E-state index < -0.39 is 29.1 Å². The van der Waals surface area contributed by atoms with E-state index in [9.17, 15) is 29.0 Å². The lowest BCUT2D eigenvalue weighted by Crippen LogP contribution is -2.29. The standard InChI is InChI=1S/C26H27FN2O7/c1-3-36-26(34)19-14-29-25(33)23(24(19)32)18(16-6-9-21(35-2)20(30)12-16)13-22(31)28-11-10-15-4-7-17(27)8-5-15/h4-9,12,14,18,30H,3,10-11,13H2,1-2H3,(H,28,31)(H2,29,32,33)/t18-/m1/s1. The number of methoxy groups -OCH3 is 1. The number of carbonyl (C=O) groups excluding carboxylic acids is 2. The van der Waals surface area contributed by atoms with E-state index in [1.54, 1.807) is 25.1 Å². The van der Waals surface area contributed by atoms with Gasteiger partial charge in [-0.15, -0.1) is 0 Å². The third kappa shape index (κ3) is 6.21. The van der Waals surface area contributed by atoms with E-state index in [0.717, 1.165) is 11.8 Å². The van der Waals surface area contributed by atoms with Crippen LogP contribution < -0.4 is 15.6 Å². The van der Waals surface area contributed by atoms with Gasteiger partial charge < -0.3 is 30.0 Å². The van der Waals surface area contributed by atoms with Crippen LogP contribution in [-0.2, 0) is 16.0 Å². The second-order valence-electron chi connectivity index (χ2n) is 7.93. The van der Waals surface area contributed by atoms with Crippen molar-refractivity contribution < 1.29 is 33.7 Å². The van der Waals surface area contributed by atoms with Crippen molar-refractivity contribution in [3.05, 3.63) is 87.1 Å². The molecule has 10 heteroatoms. The molecule has 0 fully saturated rings.